The zero-order chi connectivity index (χ0) is 14.8. The molecular formula is C18H29NO. The summed E-state index contributed by atoms with van der Waals surface area (Å²) in [4.78, 5) is 0. The van der Waals surface area contributed by atoms with Gasteiger partial charge in [0.05, 0.1) is 6.61 Å². The smallest absolute Gasteiger partial charge is 0.0587 e. The molecule has 0 radical (unpaired) electrons. The molecule has 1 aliphatic carbocycles. The van der Waals surface area contributed by atoms with Crippen molar-refractivity contribution in [2.24, 2.45) is 5.41 Å². The Morgan fingerprint density at radius 3 is 2.20 bits per heavy atom. The minimum atomic E-state index is 0.314. The number of nitrogens with one attached hydrogen (secondary N) is 1. The summed E-state index contributed by atoms with van der Waals surface area (Å²) in [5, 5.41) is 3.58. The first-order valence-electron chi connectivity index (χ1n) is 7.65. The molecule has 0 aromatic heterocycles. The van der Waals surface area contributed by atoms with Crippen LogP contribution >= 0.6 is 0 Å². The van der Waals surface area contributed by atoms with Gasteiger partial charge in [-0.15, -0.1) is 0 Å². The van der Waals surface area contributed by atoms with E-state index in [1.165, 1.54) is 29.5 Å². The minimum Gasteiger partial charge on any atom is -0.383 e. The Morgan fingerprint density at radius 2 is 1.70 bits per heavy atom. The van der Waals surface area contributed by atoms with Crippen molar-refractivity contribution in [1.82, 2.24) is 5.32 Å². The summed E-state index contributed by atoms with van der Waals surface area (Å²) in [6.45, 7) is 11.9. The maximum Gasteiger partial charge on any atom is 0.0587 e. The maximum absolute atomic E-state index is 5.13. The first kappa shape index (κ1) is 15.5. The van der Waals surface area contributed by atoms with Gasteiger partial charge in [0.25, 0.3) is 0 Å². The van der Waals surface area contributed by atoms with Crippen LogP contribution in [0.15, 0.2) is 18.2 Å². The summed E-state index contributed by atoms with van der Waals surface area (Å²) in [6, 6.07) is 7.01. The highest BCUT2D eigenvalue weighted by molar-refractivity contribution is 5.37. The normalized spacial score (nSPS) is 19.6. The molecule has 2 rings (SSSR count). The molecule has 0 atom stereocenters. The third-order valence-corrected chi connectivity index (χ3v) is 4.41. The molecule has 1 aromatic rings. The van der Waals surface area contributed by atoms with Crippen LogP contribution in [0.5, 0.6) is 0 Å². The molecule has 1 N–H and O–H groups in total. The molecule has 0 saturated heterocycles. The van der Waals surface area contributed by atoms with Crippen molar-refractivity contribution in [1.29, 1.82) is 0 Å². The summed E-state index contributed by atoms with van der Waals surface area (Å²) < 4.78 is 5.13. The number of methoxy groups -OCH3 is 1. The summed E-state index contributed by atoms with van der Waals surface area (Å²) in [7, 11) is 1.76. The van der Waals surface area contributed by atoms with E-state index < -0.39 is 0 Å². The average molecular weight is 275 g/mol. The lowest BCUT2D eigenvalue weighted by molar-refractivity contribution is 0.0547. The number of ether oxygens (including phenoxy) is 1. The largest absolute Gasteiger partial charge is 0.383 e. The predicted molar refractivity (Wildman–Crippen MR) is 85.4 cm³/mol. The van der Waals surface area contributed by atoms with Gasteiger partial charge >= 0.3 is 0 Å². The number of aryl methyl sites for hydroxylation is 2. The Labute approximate surface area is 123 Å². The second-order valence-corrected chi connectivity index (χ2v) is 7.34. The topological polar surface area (TPSA) is 21.3 Å². The lowest BCUT2D eigenvalue weighted by atomic mass is 9.51. The highest BCUT2D eigenvalue weighted by atomic mass is 16.5. The lowest BCUT2D eigenvalue weighted by Crippen LogP contribution is -2.52. The molecule has 20 heavy (non-hydrogen) atoms. The van der Waals surface area contributed by atoms with E-state index in [4.69, 9.17) is 4.74 Å². The fraction of sp³-hybridized carbons (Fsp3) is 0.667. The molecule has 0 bridgehead atoms. The Bertz CT molecular complexity index is 436. The molecule has 1 aromatic carbocycles. The molecule has 0 heterocycles. The highest BCUT2D eigenvalue weighted by Gasteiger charge is 2.49. The van der Waals surface area contributed by atoms with Crippen molar-refractivity contribution in [3.8, 4) is 0 Å². The van der Waals surface area contributed by atoms with E-state index in [0.29, 0.717) is 10.8 Å². The van der Waals surface area contributed by atoms with Gasteiger partial charge < -0.3 is 10.1 Å². The van der Waals surface area contributed by atoms with Crippen LogP contribution in [0.3, 0.4) is 0 Å². The van der Waals surface area contributed by atoms with Crippen molar-refractivity contribution in [2.75, 3.05) is 26.8 Å². The summed E-state index contributed by atoms with van der Waals surface area (Å²) in [6.07, 6.45) is 2.53. The fourth-order valence-corrected chi connectivity index (χ4v) is 3.99. The number of hydrogen-bond donors (Lipinski definition) is 1. The summed E-state index contributed by atoms with van der Waals surface area (Å²) in [5.74, 6) is 0. The molecule has 2 heteroatoms. The second kappa shape index (κ2) is 5.87. The van der Waals surface area contributed by atoms with E-state index in [9.17, 15) is 0 Å². The average Bonchev–Trinajstić information content (AvgIpc) is 2.30. The van der Waals surface area contributed by atoms with Crippen LogP contribution in [0.1, 0.15) is 43.4 Å². The van der Waals surface area contributed by atoms with Crippen LogP contribution in [0.25, 0.3) is 0 Å². The molecule has 0 aliphatic heterocycles. The van der Waals surface area contributed by atoms with Gasteiger partial charge in [-0.25, -0.2) is 0 Å². The lowest BCUT2D eigenvalue weighted by Gasteiger charge is -2.54. The van der Waals surface area contributed by atoms with Gasteiger partial charge in [-0.3, -0.25) is 0 Å². The molecule has 0 unspecified atom stereocenters. The third kappa shape index (κ3) is 3.42. The first-order chi connectivity index (χ1) is 9.37. The van der Waals surface area contributed by atoms with Gasteiger partial charge in [0, 0.05) is 25.6 Å². The SMILES string of the molecule is COCCNCC1(c2cc(C)cc(C)c2)CC(C)(C)C1. The molecule has 0 spiro atoms. The van der Waals surface area contributed by atoms with E-state index in [0.717, 1.165) is 19.7 Å². The molecule has 2 nitrogen and oxygen atoms in total. The molecule has 112 valence electrons. The highest BCUT2D eigenvalue weighted by Crippen LogP contribution is 2.55. The van der Waals surface area contributed by atoms with Crippen molar-refractivity contribution in [3.05, 3.63) is 34.9 Å². The van der Waals surface area contributed by atoms with Crippen LogP contribution in [-0.4, -0.2) is 26.8 Å². The Hall–Kier alpha value is -0.860. The second-order valence-electron chi connectivity index (χ2n) is 7.34. The van der Waals surface area contributed by atoms with E-state index in [1.807, 2.05) is 0 Å². The van der Waals surface area contributed by atoms with Crippen LogP contribution < -0.4 is 5.32 Å². The molecular weight excluding hydrogens is 246 g/mol. The van der Waals surface area contributed by atoms with Crippen molar-refractivity contribution >= 4 is 0 Å². The van der Waals surface area contributed by atoms with E-state index >= 15 is 0 Å². The standard InChI is InChI=1S/C18H29NO/c1-14-8-15(2)10-16(9-14)18(11-17(3,4)12-18)13-19-6-7-20-5/h8-10,19H,6-7,11-13H2,1-5H3. The monoisotopic (exact) mass is 275 g/mol. The van der Waals surface area contributed by atoms with Gasteiger partial charge in [-0.2, -0.15) is 0 Å². The van der Waals surface area contributed by atoms with Gasteiger partial charge in [-0.1, -0.05) is 43.2 Å². The van der Waals surface area contributed by atoms with Crippen molar-refractivity contribution in [2.45, 2.75) is 46.0 Å². The number of rotatable bonds is 6. The molecule has 1 saturated carbocycles. The van der Waals surface area contributed by atoms with Crippen LogP contribution in [0.2, 0.25) is 0 Å². The number of hydrogen-bond acceptors (Lipinski definition) is 2. The van der Waals surface area contributed by atoms with Gasteiger partial charge in [0.1, 0.15) is 0 Å². The maximum atomic E-state index is 5.13. The molecule has 1 aliphatic rings. The third-order valence-electron chi connectivity index (χ3n) is 4.41. The predicted octanol–water partition coefficient (Wildman–Crippen LogP) is 3.60. The number of benzene rings is 1. The van der Waals surface area contributed by atoms with Gasteiger partial charge in [0.2, 0.25) is 0 Å². The molecule has 0 amide bonds. The Balaban J connectivity index is 2.15. The van der Waals surface area contributed by atoms with Crippen LogP contribution in [-0.2, 0) is 10.2 Å². The summed E-state index contributed by atoms with van der Waals surface area (Å²) in [5.41, 5.74) is 5.05. The van der Waals surface area contributed by atoms with Crippen LogP contribution in [0, 0.1) is 19.3 Å². The first-order valence-corrected chi connectivity index (χ1v) is 7.65. The van der Waals surface area contributed by atoms with Crippen molar-refractivity contribution in [3.63, 3.8) is 0 Å². The minimum absolute atomic E-state index is 0.314. The van der Waals surface area contributed by atoms with Crippen molar-refractivity contribution < 1.29 is 4.74 Å². The van der Waals surface area contributed by atoms with E-state index in [2.05, 4.69) is 51.2 Å². The van der Waals surface area contributed by atoms with E-state index in [-0.39, 0.29) is 0 Å². The summed E-state index contributed by atoms with van der Waals surface area (Å²) >= 11 is 0. The zero-order valence-electron chi connectivity index (χ0n) is 13.7. The Kier molecular flexibility index (Phi) is 4.55. The van der Waals surface area contributed by atoms with Gasteiger partial charge in [-0.05, 0) is 37.7 Å². The zero-order valence-corrected chi connectivity index (χ0v) is 13.7. The van der Waals surface area contributed by atoms with Crippen LogP contribution in [0.4, 0.5) is 0 Å². The quantitative estimate of drug-likeness (QED) is 0.801. The van der Waals surface area contributed by atoms with Gasteiger partial charge in [0.15, 0.2) is 0 Å². The van der Waals surface area contributed by atoms with E-state index in [1.54, 1.807) is 7.11 Å². The fourth-order valence-electron chi connectivity index (χ4n) is 3.99. The Morgan fingerprint density at radius 1 is 1.10 bits per heavy atom. The molecule has 1 fully saturated rings.